The molecule has 3 aromatic carbocycles. The van der Waals surface area contributed by atoms with E-state index in [1.807, 2.05) is 42.5 Å². The lowest BCUT2D eigenvalue weighted by atomic mass is 9.82. The molecule has 2 heterocycles. The summed E-state index contributed by atoms with van der Waals surface area (Å²) in [4.78, 5) is 17.7. The molecule has 1 N–H and O–H groups in total. The average Bonchev–Trinajstić information content (AvgIpc) is 2.83. The minimum Gasteiger partial charge on any atom is -0.368 e. The minimum atomic E-state index is -4.43. The van der Waals surface area contributed by atoms with Gasteiger partial charge in [-0.1, -0.05) is 29.8 Å². The second-order valence-electron chi connectivity index (χ2n) is 8.69. The van der Waals surface area contributed by atoms with Crippen molar-refractivity contribution in [3.63, 3.8) is 0 Å². The van der Waals surface area contributed by atoms with Gasteiger partial charge in [-0.05, 0) is 66.6 Å². The van der Waals surface area contributed by atoms with Gasteiger partial charge in [-0.15, -0.1) is 0 Å². The first-order valence-corrected chi connectivity index (χ1v) is 11.5. The normalized spacial score (nSPS) is 19.9. The Morgan fingerprint density at radius 1 is 0.971 bits per heavy atom. The summed E-state index contributed by atoms with van der Waals surface area (Å²) < 4.78 is 40.2. The Labute approximate surface area is 200 Å². The zero-order valence-corrected chi connectivity index (χ0v) is 19.0. The number of nitrogens with zero attached hydrogens (tertiary/aromatic N) is 2. The maximum Gasteiger partial charge on any atom is 0.416 e. The van der Waals surface area contributed by atoms with Gasteiger partial charge in [0.25, 0.3) is 0 Å². The summed E-state index contributed by atoms with van der Waals surface area (Å²) in [7, 11) is 0. The van der Waals surface area contributed by atoms with E-state index >= 15 is 0 Å². The summed E-state index contributed by atoms with van der Waals surface area (Å²) in [6.45, 7) is 1.86. The Balaban J connectivity index is 1.48. The van der Waals surface area contributed by atoms with Crippen molar-refractivity contribution in [1.82, 2.24) is 0 Å². The molecule has 2 atom stereocenters. The molecule has 1 fully saturated rings. The fourth-order valence-electron chi connectivity index (χ4n) is 4.94. The predicted molar refractivity (Wildman–Crippen MR) is 129 cm³/mol. The van der Waals surface area contributed by atoms with Gasteiger partial charge < -0.3 is 15.1 Å². The number of rotatable bonds is 3. The maximum absolute atomic E-state index is 13.4. The Hall–Kier alpha value is -3.19. The molecule has 0 saturated carbocycles. The summed E-state index contributed by atoms with van der Waals surface area (Å²) in [5.74, 6) is -0.700. The Kier molecular flexibility index (Phi) is 5.90. The standard InChI is InChI=1S/C26H23ClF3N3O/c27-19-7-9-21(10-8-19)32-12-13-33-23-11-6-18(26(28,29)30)14-17(23)15-22(24(33)16-32)25(34)31-20-4-2-1-3-5-20/h1-11,14,22,24H,12-13,15-16H2,(H,31,34)/t22-,24-/m1/s1. The van der Waals surface area contributed by atoms with Crippen LogP contribution in [-0.4, -0.2) is 31.6 Å². The molecule has 0 aliphatic carbocycles. The molecule has 0 unspecified atom stereocenters. The van der Waals surface area contributed by atoms with Crippen molar-refractivity contribution in [3.05, 3.63) is 88.9 Å². The fourth-order valence-corrected chi connectivity index (χ4v) is 5.07. The van der Waals surface area contributed by atoms with Crippen LogP contribution in [0, 0.1) is 5.92 Å². The fraction of sp³-hybridized carbons (Fsp3) is 0.269. The summed E-state index contributed by atoms with van der Waals surface area (Å²) in [5.41, 5.74) is 2.31. The first-order chi connectivity index (χ1) is 16.3. The van der Waals surface area contributed by atoms with Crippen molar-refractivity contribution in [3.8, 4) is 0 Å². The number of alkyl halides is 3. The number of hydrogen-bond acceptors (Lipinski definition) is 3. The largest absolute Gasteiger partial charge is 0.416 e. The highest BCUT2D eigenvalue weighted by Crippen LogP contribution is 2.40. The van der Waals surface area contributed by atoms with Gasteiger partial charge in [-0.25, -0.2) is 0 Å². The highest BCUT2D eigenvalue weighted by atomic mass is 35.5. The molecule has 2 aliphatic rings. The second kappa shape index (κ2) is 8.87. The van der Waals surface area contributed by atoms with E-state index in [1.165, 1.54) is 6.07 Å². The van der Waals surface area contributed by atoms with Crippen LogP contribution in [0.4, 0.5) is 30.2 Å². The van der Waals surface area contributed by atoms with Gasteiger partial charge in [0.1, 0.15) is 0 Å². The van der Waals surface area contributed by atoms with Crippen LogP contribution < -0.4 is 15.1 Å². The molecule has 0 aromatic heterocycles. The molecule has 8 heteroatoms. The van der Waals surface area contributed by atoms with Gasteiger partial charge in [0.2, 0.25) is 5.91 Å². The lowest BCUT2D eigenvalue weighted by Gasteiger charge is -2.49. The average molecular weight is 486 g/mol. The van der Waals surface area contributed by atoms with E-state index in [9.17, 15) is 18.0 Å². The van der Waals surface area contributed by atoms with Crippen molar-refractivity contribution in [2.24, 2.45) is 5.92 Å². The Bertz CT molecular complexity index is 1180. The van der Waals surface area contributed by atoms with Crippen LogP contribution in [0.15, 0.2) is 72.8 Å². The molecule has 34 heavy (non-hydrogen) atoms. The van der Waals surface area contributed by atoms with Gasteiger partial charge >= 0.3 is 6.18 Å². The first-order valence-electron chi connectivity index (χ1n) is 11.1. The third-order valence-electron chi connectivity index (χ3n) is 6.61. The van der Waals surface area contributed by atoms with Crippen molar-refractivity contribution >= 4 is 34.6 Å². The number of carbonyl (C=O) groups is 1. The number of hydrogen-bond donors (Lipinski definition) is 1. The smallest absolute Gasteiger partial charge is 0.368 e. The third kappa shape index (κ3) is 4.44. The van der Waals surface area contributed by atoms with Crippen LogP contribution >= 0.6 is 11.6 Å². The minimum absolute atomic E-state index is 0.183. The van der Waals surface area contributed by atoms with E-state index in [0.717, 1.165) is 17.4 Å². The molecule has 0 bridgehead atoms. The van der Waals surface area contributed by atoms with E-state index in [0.29, 0.717) is 35.9 Å². The summed E-state index contributed by atoms with van der Waals surface area (Å²) >= 11 is 6.04. The number of nitrogens with one attached hydrogen (secondary N) is 1. The van der Waals surface area contributed by atoms with Crippen LogP contribution in [0.5, 0.6) is 0 Å². The number of benzene rings is 3. The number of carbonyl (C=O) groups excluding carboxylic acids is 1. The highest BCUT2D eigenvalue weighted by Gasteiger charge is 2.42. The van der Waals surface area contributed by atoms with Gasteiger partial charge in [-0.3, -0.25) is 4.79 Å². The van der Waals surface area contributed by atoms with E-state index in [1.54, 1.807) is 18.2 Å². The predicted octanol–water partition coefficient (Wildman–Crippen LogP) is 5.87. The first kappa shape index (κ1) is 22.6. The molecular formula is C26H23ClF3N3O. The van der Waals surface area contributed by atoms with E-state index in [4.69, 9.17) is 11.6 Å². The highest BCUT2D eigenvalue weighted by molar-refractivity contribution is 6.30. The molecular weight excluding hydrogens is 463 g/mol. The number of piperazine rings is 1. The number of anilines is 3. The van der Waals surface area contributed by atoms with Crippen molar-refractivity contribution < 1.29 is 18.0 Å². The quantitative estimate of drug-likeness (QED) is 0.504. The van der Waals surface area contributed by atoms with Crippen molar-refractivity contribution in [2.45, 2.75) is 18.6 Å². The molecule has 0 radical (unpaired) electrons. The monoisotopic (exact) mass is 485 g/mol. The van der Waals surface area contributed by atoms with Crippen LogP contribution in [0.2, 0.25) is 5.02 Å². The van der Waals surface area contributed by atoms with Gasteiger partial charge in [0.05, 0.1) is 17.5 Å². The van der Waals surface area contributed by atoms with Crippen LogP contribution in [-0.2, 0) is 17.4 Å². The molecule has 5 rings (SSSR count). The lowest BCUT2D eigenvalue weighted by Crippen LogP contribution is -2.60. The summed E-state index contributed by atoms with van der Waals surface area (Å²) in [6.07, 6.45) is -4.19. The number of halogens is 4. The number of amides is 1. The van der Waals surface area contributed by atoms with Crippen LogP contribution in [0.25, 0.3) is 0 Å². The Morgan fingerprint density at radius 2 is 1.71 bits per heavy atom. The molecule has 4 nitrogen and oxygen atoms in total. The van der Waals surface area contributed by atoms with Crippen molar-refractivity contribution in [2.75, 3.05) is 34.8 Å². The van der Waals surface area contributed by atoms with Gasteiger partial charge in [-0.2, -0.15) is 13.2 Å². The van der Waals surface area contributed by atoms with E-state index < -0.39 is 17.7 Å². The molecule has 2 aliphatic heterocycles. The third-order valence-corrected chi connectivity index (χ3v) is 6.86. The molecule has 3 aromatic rings. The molecule has 176 valence electrons. The molecule has 1 amide bonds. The maximum atomic E-state index is 13.4. The zero-order valence-electron chi connectivity index (χ0n) is 18.2. The zero-order chi connectivity index (χ0) is 23.9. The van der Waals surface area contributed by atoms with Gasteiger partial charge in [0, 0.05) is 41.7 Å². The van der Waals surface area contributed by atoms with Crippen LogP contribution in [0.1, 0.15) is 11.1 Å². The van der Waals surface area contributed by atoms with Crippen LogP contribution in [0.3, 0.4) is 0 Å². The van der Waals surface area contributed by atoms with Gasteiger partial charge in [0.15, 0.2) is 0 Å². The second-order valence-corrected chi connectivity index (χ2v) is 9.13. The van der Waals surface area contributed by atoms with Crippen molar-refractivity contribution in [1.29, 1.82) is 0 Å². The number of fused-ring (bicyclic) bond motifs is 3. The summed E-state index contributed by atoms with van der Waals surface area (Å²) in [5, 5.41) is 3.61. The van der Waals surface area contributed by atoms with E-state index in [2.05, 4.69) is 15.1 Å². The summed E-state index contributed by atoms with van der Waals surface area (Å²) in [6, 6.07) is 20.4. The topological polar surface area (TPSA) is 35.6 Å². The molecule has 0 spiro atoms. The SMILES string of the molecule is O=C(Nc1ccccc1)[C@@H]1Cc2cc(C(F)(F)F)ccc2N2CCN(c3ccc(Cl)cc3)C[C@H]12. The molecule has 1 saturated heterocycles. The Morgan fingerprint density at radius 3 is 2.41 bits per heavy atom. The lowest BCUT2D eigenvalue weighted by molar-refractivity contribution is -0.137. The number of para-hydroxylation sites is 1. The van der Waals surface area contributed by atoms with E-state index in [-0.39, 0.29) is 18.4 Å².